The molecule has 4 nitrogen and oxygen atoms in total. The van der Waals surface area contributed by atoms with Gasteiger partial charge in [-0.15, -0.1) is 0 Å². The Morgan fingerprint density at radius 3 is 2.41 bits per heavy atom. The van der Waals surface area contributed by atoms with Gasteiger partial charge in [0.2, 0.25) is 11.8 Å². The summed E-state index contributed by atoms with van der Waals surface area (Å²) in [6, 6.07) is 10.3. The predicted molar refractivity (Wildman–Crippen MR) is 120 cm³/mol. The largest absolute Gasteiger partial charge is 0.343 e. The van der Waals surface area contributed by atoms with Crippen molar-refractivity contribution in [3.63, 3.8) is 0 Å². The SMILES string of the molecule is CCCCC(CC)C(=O)N(CCC(=O)N1CCC(C)CC1)CCc1ccccc1. The molecule has 0 N–H and O–H groups in total. The summed E-state index contributed by atoms with van der Waals surface area (Å²) in [5.41, 5.74) is 1.24. The van der Waals surface area contributed by atoms with E-state index in [0.717, 1.165) is 58.0 Å². The number of hydrogen-bond acceptors (Lipinski definition) is 2. The van der Waals surface area contributed by atoms with Crippen LogP contribution in [-0.4, -0.2) is 47.8 Å². The monoisotopic (exact) mass is 400 g/mol. The Morgan fingerprint density at radius 1 is 1.10 bits per heavy atom. The Hall–Kier alpha value is -1.84. The van der Waals surface area contributed by atoms with Crippen molar-refractivity contribution in [1.82, 2.24) is 9.80 Å². The molecule has 1 heterocycles. The molecule has 1 atom stereocenters. The molecule has 1 saturated heterocycles. The minimum absolute atomic E-state index is 0.0802. The normalized spacial score (nSPS) is 15.9. The Bertz CT molecular complexity index is 609. The summed E-state index contributed by atoms with van der Waals surface area (Å²) >= 11 is 0. The van der Waals surface area contributed by atoms with Gasteiger partial charge in [0.1, 0.15) is 0 Å². The second kappa shape index (κ2) is 12.7. The number of hydrogen-bond donors (Lipinski definition) is 0. The topological polar surface area (TPSA) is 40.6 Å². The van der Waals surface area contributed by atoms with Crippen molar-refractivity contribution in [2.75, 3.05) is 26.2 Å². The summed E-state index contributed by atoms with van der Waals surface area (Å²) in [7, 11) is 0. The van der Waals surface area contributed by atoms with Crippen LogP contribution in [0.2, 0.25) is 0 Å². The highest BCUT2D eigenvalue weighted by Gasteiger charge is 2.25. The summed E-state index contributed by atoms with van der Waals surface area (Å²) in [6.07, 6.45) is 7.49. The van der Waals surface area contributed by atoms with Crippen LogP contribution in [0.1, 0.15) is 71.3 Å². The van der Waals surface area contributed by atoms with E-state index in [9.17, 15) is 9.59 Å². The number of amides is 2. The van der Waals surface area contributed by atoms with Crippen LogP contribution in [0.25, 0.3) is 0 Å². The Balaban J connectivity index is 1.96. The lowest BCUT2D eigenvalue weighted by Crippen LogP contribution is -2.42. The van der Waals surface area contributed by atoms with Crippen LogP contribution in [0.15, 0.2) is 30.3 Å². The van der Waals surface area contributed by atoms with Gasteiger partial charge in [0.25, 0.3) is 0 Å². The van der Waals surface area contributed by atoms with Crippen molar-refractivity contribution >= 4 is 11.8 Å². The van der Waals surface area contributed by atoms with Gasteiger partial charge in [0, 0.05) is 38.5 Å². The van der Waals surface area contributed by atoms with Crippen LogP contribution in [0, 0.1) is 11.8 Å². The molecule has 29 heavy (non-hydrogen) atoms. The lowest BCUT2D eigenvalue weighted by molar-refractivity contribution is -0.138. The molecule has 1 unspecified atom stereocenters. The molecular weight excluding hydrogens is 360 g/mol. The molecule has 1 fully saturated rings. The van der Waals surface area contributed by atoms with Gasteiger partial charge < -0.3 is 9.80 Å². The molecule has 2 rings (SSSR count). The van der Waals surface area contributed by atoms with E-state index < -0.39 is 0 Å². The highest BCUT2D eigenvalue weighted by molar-refractivity contribution is 5.80. The van der Waals surface area contributed by atoms with Gasteiger partial charge >= 0.3 is 0 Å². The zero-order chi connectivity index (χ0) is 21.1. The standard InChI is InChI=1S/C25H40N2O2/c1-4-6-12-23(5-2)25(29)27(19-15-22-10-8-7-9-11-22)20-16-24(28)26-17-13-21(3)14-18-26/h7-11,21,23H,4-6,12-20H2,1-3H3. The van der Waals surface area contributed by atoms with Crippen molar-refractivity contribution in [1.29, 1.82) is 0 Å². The second-order valence-corrected chi connectivity index (χ2v) is 8.62. The molecular formula is C25H40N2O2. The number of nitrogens with zero attached hydrogens (tertiary/aromatic N) is 2. The summed E-state index contributed by atoms with van der Waals surface area (Å²) in [6.45, 7) is 9.50. The van der Waals surface area contributed by atoms with Crippen LogP contribution in [0.3, 0.4) is 0 Å². The third kappa shape index (κ3) is 7.83. The molecule has 0 saturated carbocycles. The third-order valence-electron chi connectivity index (χ3n) is 6.30. The van der Waals surface area contributed by atoms with Crippen LogP contribution >= 0.6 is 0 Å². The van der Waals surface area contributed by atoms with Crippen molar-refractivity contribution in [2.24, 2.45) is 11.8 Å². The number of carbonyl (C=O) groups excluding carboxylic acids is 2. The quantitative estimate of drug-likeness (QED) is 0.529. The Kier molecular flexibility index (Phi) is 10.2. The molecule has 0 spiro atoms. The minimum Gasteiger partial charge on any atom is -0.343 e. The molecule has 1 aromatic rings. The van der Waals surface area contributed by atoms with Crippen molar-refractivity contribution in [2.45, 2.75) is 72.1 Å². The van der Waals surface area contributed by atoms with Crippen molar-refractivity contribution in [3.8, 4) is 0 Å². The molecule has 0 aliphatic carbocycles. The van der Waals surface area contributed by atoms with Gasteiger partial charge in [0.15, 0.2) is 0 Å². The van der Waals surface area contributed by atoms with Crippen LogP contribution in [-0.2, 0) is 16.0 Å². The summed E-state index contributed by atoms with van der Waals surface area (Å²) in [4.78, 5) is 29.9. The first kappa shape index (κ1) is 23.4. The first-order chi connectivity index (χ1) is 14.0. The van der Waals surface area contributed by atoms with Crippen LogP contribution in [0.4, 0.5) is 0 Å². The van der Waals surface area contributed by atoms with E-state index in [1.807, 2.05) is 28.0 Å². The van der Waals surface area contributed by atoms with Gasteiger partial charge in [-0.1, -0.05) is 63.9 Å². The van der Waals surface area contributed by atoms with E-state index in [-0.39, 0.29) is 17.7 Å². The molecule has 1 aliphatic heterocycles. The summed E-state index contributed by atoms with van der Waals surface area (Å²) in [5, 5.41) is 0. The number of benzene rings is 1. The molecule has 1 aromatic carbocycles. The second-order valence-electron chi connectivity index (χ2n) is 8.62. The average molecular weight is 401 g/mol. The number of carbonyl (C=O) groups is 2. The van der Waals surface area contributed by atoms with E-state index in [4.69, 9.17) is 0 Å². The Labute approximate surface area is 177 Å². The van der Waals surface area contributed by atoms with Gasteiger partial charge in [-0.2, -0.15) is 0 Å². The first-order valence-electron chi connectivity index (χ1n) is 11.7. The molecule has 2 amide bonds. The molecule has 0 aromatic heterocycles. The molecule has 162 valence electrons. The summed E-state index contributed by atoms with van der Waals surface area (Å²) in [5.74, 6) is 1.23. The van der Waals surface area contributed by atoms with Crippen LogP contribution < -0.4 is 0 Å². The maximum atomic E-state index is 13.2. The fourth-order valence-corrected chi connectivity index (χ4v) is 4.10. The number of likely N-dealkylation sites (tertiary alicyclic amines) is 1. The maximum absolute atomic E-state index is 13.2. The van der Waals surface area contributed by atoms with E-state index in [1.54, 1.807) is 0 Å². The van der Waals surface area contributed by atoms with Crippen molar-refractivity contribution < 1.29 is 9.59 Å². The smallest absolute Gasteiger partial charge is 0.225 e. The predicted octanol–water partition coefficient (Wildman–Crippen LogP) is 4.92. The molecule has 4 heteroatoms. The lowest BCUT2D eigenvalue weighted by atomic mass is 9.97. The van der Waals surface area contributed by atoms with Gasteiger partial charge in [-0.05, 0) is 43.6 Å². The van der Waals surface area contributed by atoms with E-state index in [1.165, 1.54) is 5.56 Å². The summed E-state index contributed by atoms with van der Waals surface area (Å²) < 4.78 is 0. The van der Waals surface area contributed by atoms with Crippen molar-refractivity contribution in [3.05, 3.63) is 35.9 Å². The lowest BCUT2D eigenvalue weighted by Gasteiger charge is -2.32. The fourth-order valence-electron chi connectivity index (χ4n) is 4.10. The number of unbranched alkanes of at least 4 members (excludes halogenated alkanes) is 1. The zero-order valence-electron chi connectivity index (χ0n) is 18.7. The Morgan fingerprint density at radius 2 is 1.79 bits per heavy atom. The fraction of sp³-hybridized carbons (Fsp3) is 0.680. The molecule has 0 bridgehead atoms. The average Bonchev–Trinajstić information content (AvgIpc) is 2.75. The van der Waals surface area contributed by atoms with Gasteiger partial charge in [-0.3, -0.25) is 9.59 Å². The minimum atomic E-state index is 0.0802. The first-order valence-corrected chi connectivity index (χ1v) is 11.7. The van der Waals surface area contributed by atoms with E-state index >= 15 is 0 Å². The zero-order valence-corrected chi connectivity index (χ0v) is 18.7. The van der Waals surface area contributed by atoms with E-state index in [0.29, 0.717) is 25.4 Å². The third-order valence-corrected chi connectivity index (χ3v) is 6.30. The highest BCUT2D eigenvalue weighted by Crippen LogP contribution is 2.19. The molecule has 1 aliphatic rings. The van der Waals surface area contributed by atoms with Crippen LogP contribution in [0.5, 0.6) is 0 Å². The highest BCUT2D eigenvalue weighted by atomic mass is 16.2. The maximum Gasteiger partial charge on any atom is 0.225 e. The number of rotatable bonds is 11. The van der Waals surface area contributed by atoms with E-state index in [2.05, 4.69) is 32.9 Å². The van der Waals surface area contributed by atoms with Gasteiger partial charge in [0.05, 0.1) is 0 Å². The molecule has 0 radical (unpaired) electrons. The number of piperidine rings is 1. The van der Waals surface area contributed by atoms with Gasteiger partial charge in [-0.25, -0.2) is 0 Å².